The normalized spacial score (nSPS) is 10.4. The van der Waals surface area contributed by atoms with Gasteiger partial charge in [0.15, 0.2) is 5.82 Å². The molecule has 2 rings (SSSR count). The minimum atomic E-state index is 0.670. The van der Waals surface area contributed by atoms with Crippen molar-refractivity contribution in [1.29, 1.82) is 0 Å². The molecule has 0 unspecified atom stereocenters. The van der Waals surface area contributed by atoms with E-state index in [2.05, 4.69) is 20.3 Å². The van der Waals surface area contributed by atoms with Gasteiger partial charge in [-0.3, -0.25) is 4.98 Å². The van der Waals surface area contributed by atoms with E-state index >= 15 is 0 Å². The molecule has 2 heterocycles. The van der Waals surface area contributed by atoms with Gasteiger partial charge in [0, 0.05) is 30.7 Å². The van der Waals surface area contributed by atoms with E-state index in [4.69, 9.17) is 0 Å². The van der Waals surface area contributed by atoms with Crippen molar-refractivity contribution in [2.45, 2.75) is 13.5 Å². The Morgan fingerprint density at radius 2 is 1.94 bits per heavy atom. The predicted molar refractivity (Wildman–Crippen MR) is 62.8 cm³/mol. The summed E-state index contributed by atoms with van der Waals surface area (Å²) in [6, 6.07) is 3.94. The molecule has 0 amide bonds. The van der Waals surface area contributed by atoms with Crippen LogP contribution in [0.3, 0.4) is 0 Å². The first-order chi connectivity index (χ1) is 7.79. The number of aryl methyl sites for hydroxylation is 1. The fourth-order valence-corrected chi connectivity index (χ4v) is 1.44. The maximum absolute atomic E-state index is 4.30. The molecule has 2 aromatic heterocycles. The molecule has 0 aliphatic rings. The van der Waals surface area contributed by atoms with Crippen molar-refractivity contribution in [1.82, 2.24) is 20.3 Å². The smallest absolute Gasteiger partial charge is 0.178 e. The quantitative estimate of drug-likeness (QED) is 0.842. The van der Waals surface area contributed by atoms with Gasteiger partial charge in [-0.2, -0.15) is 0 Å². The SMILES string of the molecule is CNCc1cnc(-c2cc(C)ccn2)nc1. The van der Waals surface area contributed by atoms with Crippen LogP contribution < -0.4 is 5.32 Å². The van der Waals surface area contributed by atoms with Gasteiger partial charge in [-0.15, -0.1) is 0 Å². The molecule has 0 spiro atoms. The van der Waals surface area contributed by atoms with E-state index in [-0.39, 0.29) is 0 Å². The zero-order valence-corrected chi connectivity index (χ0v) is 9.44. The molecular formula is C12H14N4. The van der Waals surface area contributed by atoms with Crippen LogP contribution in [0.25, 0.3) is 11.5 Å². The Labute approximate surface area is 94.8 Å². The van der Waals surface area contributed by atoms with Crippen LogP contribution in [-0.4, -0.2) is 22.0 Å². The second-order valence-electron chi connectivity index (χ2n) is 3.66. The molecule has 1 N–H and O–H groups in total. The molecule has 0 bridgehead atoms. The lowest BCUT2D eigenvalue weighted by Crippen LogP contribution is -2.06. The van der Waals surface area contributed by atoms with Gasteiger partial charge in [-0.05, 0) is 31.7 Å². The summed E-state index contributed by atoms with van der Waals surface area (Å²) in [6.07, 6.45) is 5.42. The zero-order chi connectivity index (χ0) is 11.4. The van der Waals surface area contributed by atoms with Crippen molar-refractivity contribution < 1.29 is 0 Å². The number of hydrogen-bond donors (Lipinski definition) is 1. The monoisotopic (exact) mass is 214 g/mol. The first kappa shape index (κ1) is 10.7. The number of rotatable bonds is 3. The molecule has 4 nitrogen and oxygen atoms in total. The lowest BCUT2D eigenvalue weighted by Gasteiger charge is -2.02. The summed E-state index contributed by atoms with van der Waals surface area (Å²) >= 11 is 0. The van der Waals surface area contributed by atoms with E-state index in [1.54, 1.807) is 6.20 Å². The highest BCUT2D eigenvalue weighted by Crippen LogP contribution is 2.12. The van der Waals surface area contributed by atoms with Crippen molar-refractivity contribution in [3.63, 3.8) is 0 Å². The van der Waals surface area contributed by atoms with Gasteiger partial charge >= 0.3 is 0 Å². The molecule has 0 aliphatic heterocycles. The van der Waals surface area contributed by atoms with Crippen molar-refractivity contribution in [3.8, 4) is 11.5 Å². The van der Waals surface area contributed by atoms with E-state index in [1.165, 1.54) is 0 Å². The Kier molecular flexibility index (Phi) is 3.22. The standard InChI is InChI=1S/C12H14N4/c1-9-3-4-14-11(5-9)12-15-7-10(6-13-2)8-16-12/h3-5,7-8,13H,6H2,1-2H3. The molecule has 0 saturated carbocycles. The summed E-state index contributed by atoms with van der Waals surface area (Å²) in [5, 5.41) is 3.06. The van der Waals surface area contributed by atoms with Crippen molar-refractivity contribution >= 4 is 0 Å². The molecule has 0 saturated heterocycles. The Morgan fingerprint density at radius 1 is 1.19 bits per heavy atom. The van der Waals surface area contributed by atoms with Crippen LogP contribution in [0.2, 0.25) is 0 Å². The number of hydrogen-bond acceptors (Lipinski definition) is 4. The van der Waals surface area contributed by atoms with Gasteiger partial charge in [0.05, 0.1) is 0 Å². The first-order valence-electron chi connectivity index (χ1n) is 5.18. The maximum Gasteiger partial charge on any atom is 0.178 e. The molecule has 2 aromatic rings. The Morgan fingerprint density at radius 3 is 2.56 bits per heavy atom. The average molecular weight is 214 g/mol. The van der Waals surface area contributed by atoms with Crippen molar-refractivity contribution in [2.24, 2.45) is 0 Å². The molecule has 4 heteroatoms. The topological polar surface area (TPSA) is 50.7 Å². The summed E-state index contributed by atoms with van der Waals surface area (Å²) in [6.45, 7) is 2.81. The van der Waals surface area contributed by atoms with Crippen LogP contribution >= 0.6 is 0 Å². The first-order valence-corrected chi connectivity index (χ1v) is 5.18. The van der Waals surface area contributed by atoms with Gasteiger partial charge in [-0.25, -0.2) is 9.97 Å². The van der Waals surface area contributed by atoms with Crippen LogP contribution in [0.15, 0.2) is 30.7 Å². The molecule has 0 atom stereocenters. The minimum Gasteiger partial charge on any atom is -0.316 e. The minimum absolute atomic E-state index is 0.670. The average Bonchev–Trinajstić information content (AvgIpc) is 2.30. The summed E-state index contributed by atoms with van der Waals surface area (Å²) in [5.74, 6) is 0.670. The molecule has 82 valence electrons. The van der Waals surface area contributed by atoms with Gasteiger partial charge in [0.25, 0.3) is 0 Å². The van der Waals surface area contributed by atoms with E-state index in [0.29, 0.717) is 5.82 Å². The maximum atomic E-state index is 4.30. The third kappa shape index (κ3) is 2.41. The Hall–Kier alpha value is -1.81. The third-order valence-electron chi connectivity index (χ3n) is 2.23. The van der Waals surface area contributed by atoms with Crippen LogP contribution in [0.1, 0.15) is 11.1 Å². The largest absolute Gasteiger partial charge is 0.316 e. The van der Waals surface area contributed by atoms with Crippen LogP contribution in [0.5, 0.6) is 0 Å². The highest BCUT2D eigenvalue weighted by Gasteiger charge is 2.02. The highest BCUT2D eigenvalue weighted by molar-refractivity contribution is 5.49. The fourth-order valence-electron chi connectivity index (χ4n) is 1.44. The summed E-state index contributed by atoms with van der Waals surface area (Å²) in [7, 11) is 1.90. The second kappa shape index (κ2) is 4.81. The van der Waals surface area contributed by atoms with Crippen molar-refractivity contribution in [2.75, 3.05) is 7.05 Å². The highest BCUT2D eigenvalue weighted by atomic mass is 14.9. The van der Waals surface area contributed by atoms with E-state index in [1.807, 2.05) is 38.5 Å². The molecule has 0 aliphatic carbocycles. The molecule has 0 aromatic carbocycles. The molecule has 16 heavy (non-hydrogen) atoms. The summed E-state index contributed by atoms with van der Waals surface area (Å²) in [5.41, 5.74) is 3.04. The van der Waals surface area contributed by atoms with Gasteiger partial charge in [0.1, 0.15) is 5.69 Å². The van der Waals surface area contributed by atoms with Gasteiger partial charge in [0.2, 0.25) is 0 Å². The third-order valence-corrected chi connectivity index (χ3v) is 2.23. The van der Waals surface area contributed by atoms with Gasteiger partial charge in [-0.1, -0.05) is 0 Å². The predicted octanol–water partition coefficient (Wildman–Crippen LogP) is 1.57. The fraction of sp³-hybridized carbons (Fsp3) is 0.250. The molecular weight excluding hydrogens is 200 g/mol. The van der Waals surface area contributed by atoms with Crippen molar-refractivity contribution in [3.05, 3.63) is 41.9 Å². The number of aromatic nitrogens is 3. The lowest BCUT2D eigenvalue weighted by atomic mass is 10.2. The van der Waals surface area contributed by atoms with E-state index in [0.717, 1.165) is 23.4 Å². The molecule has 0 fully saturated rings. The summed E-state index contributed by atoms with van der Waals surface area (Å²) < 4.78 is 0. The number of nitrogens with zero attached hydrogens (tertiary/aromatic N) is 3. The number of nitrogens with one attached hydrogen (secondary N) is 1. The lowest BCUT2D eigenvalue weighted by molar-refractivity contribution is 0.807. The van der Waals surface area contributed by atoms with Crippen LogP contribution in [0.4, 0.5) is 0 Å². The van der Waals surface area contributed by atoms with Crippen LogP contribution in [0, 0.1) is 6.92 Å². The Balaban J connectivity index is 2.27. The van der Waals surface area contributed by atoms with Crippen LogP contribution in [-0.2, 0) is 6.54 Å². The second-order valence-corrected chi connectivity index (χ2v) is 3.66. The van der Waals surface area contributed by atoms with E-state index in [9.17, 15) is 0 Å². The van der Waals surface area contributed by atoms with Gasteiger partial charge < -0.3 is 5.32 Å². The summed E-state index contributed by atoms with van der Waals surface area (Å²) in [4.78, 5) is 12.8. The number of pyridine rings is 1. The van der Waals surface area contributed by atoms with E-state index < -0.39 is 0 Å². The Bertz CT molecular complexity index is 465. The zero-order valence-electron chi connectivity index (χ0n) is 9.44. The molecule has 0 radical (unpaired) electrons.